The molecule has 6 fully saturated rings. The molecule has 14 heteroatoms. The van der Waals surface area contributed by atoms with Crippen LogP contribution in [0, 0.1) is 17.8 Å². The highest BCUT2D eigenvalue weighted by Gasteiger charge is 2.55. The molecule has 14 nitrogen and oxygen atoms in total. The van der Waals surface area contributed by atoms with Crippen molar-refractivity contribution < 1.29 is 67.9 Å². The Bertz CT molecular complexity index is 1800. The first-order chi connectivity index (χ1) is 30.8. The van der Waals surface area contributed by atoms with Crippen LogP contribution in [0.1, 0.15) is 131 Å². The molecule has 17 atom stereocenters. The molecule has 7 aliphatic rings. The minimum Gasteiger partial charge on any atom is -0.459 e. The Balaban J connectivity index is 0.900. The van der Waals surface area contributed by atoms with Crippen LogP contribution in [0.2, 0.25) is 0 Å². The molecule has 0 bridgehead atoms. The Morgan fingerprint density at radius 2 is 1.75 bits per heavy atom. The predicted molar refractivity (Wildman–Crippen MR) is 240 cm³/mol. The van der Waals surface area contributed by atoms with Gasteiger partial charge in [0.2, 0.25) is 5.79 Å². The highest BCUT2D eigenvalue weighted by Crippen LogP contribution is 2.47. The molecule has 364 valence electrons. The molecule has 7 heterocycles. The zero-order chi connectivity index (χ0) is 46.9. The molecule has 0 aromatic rings. The Kier molecular flexibility index (Phi) is 15.9. The first kappa shape index (κ1) is 50.3. The summed E-state index contributed by atoms with van der Waals surface area (Å²) < 4.78 is 51.0. The van der Waals surface area contributed by atoms with E-state index in [0.717, 1.165) is 44.3 Å². The Morgan fingerprint density at radius 3 is 2.49 bits per heavy atom. The van der Waals surface area contributed by atoms with Crippen LogP contribution in [-0.2, 0) is 47.5 Å². The van der Waals surface area contributed by atoms with Gasteiger partial charge >= 0.3 is 5.97 Å². The van der Waals surface area contributed by atoms with Crippen molar-refractivity contribution in [3.63, 3.8) is 0 Å². The summed E-state index contributed by atoms with van der Waals surface area (Å²) in [5.41, 5.74) is 0.291. The van der Waals surface area contributed by atoms with Crippen LogP contribution >= 0.6 is 0 Å². The van der Waals surface area contributed by atoms with Crippen molar-refractivity contribution in [1.82, 2.24) is 0 Å². The lowest BCUT2D eigenvalue weighted by atomic mass is 9.79. The van der Waals surface area contributed by atoms with E-state index in [9.17, 15) is 30.0 Å². The van der Waals surface area contributed by atoms with E-state index in [0.29, 0.717) is 80.3 Å². The fourth-order valence-corrected chi connectivity index (χ4v) is 11.3. The lowest BCUT2D eigenvalue weighted by Crippen LogP contribution is -2.60. The van der Waals surface area contributed by atoms with Crippen molar-refractivity contribution in [2.75, 3.05) is 13.2 Å². The predicted octanol–water partition coefficient (Wildman–Crippen LogP) is 6.37. The van der Waals surface area contributed by atoms with Gasteiger partial charge in [0.15, 0.2) is 17.2 Å². The minimum atomic E-state index is -1.89. The second kappa shape index (κ2) is 20.6. The Hall–Kier alpha value is -2.60. The fraction of sp³-hybridized carbons (Fsp3) is 0.765. The maximum Gasteiger partial charge on any atom is 0.338 e. The van der Waals surface area contributed by atoms with Crippen molar-refractivity contribution >= 4 is 12.3 Å². The van der Waals surface area contributed by atoms with Gasteiger partial charge in [0, 0.05) is 38.0 Å². The van der Waals surface area contributed by atoms with Gasteiger partial charge in [-0.2, -0.15) is 0 Å². The van der Waals surface area contributed by atoms with Gasteiger partial charge in [0.1, 0.15) is 37.3 Å². The first-order valence-electron chi connectivity index (χ1n) is 24.2. The van der Waals surface area contributed by atoms with Crippen LogP contribution in [0.25, 0.3) is 0 Å². The van der Waals surface area contributed by atoms with Crippen LogP contribution in [0.15, 0.2) is 60.3 Å². The summed E-state index contributed by atoms with van der Waals surface area (Å²) in [6.45, 7) is 21.9. The van der Waals surface area contributed by atoms with Gasteiger partial charge < -0.3 is 58.3 Å². The number of aliphatic hydroxyl groups is 4. The summed E-state index contributed by atoms with van der Waals surface area (Å²) in [7, 11) is 0. The van der Waals surface area contributed by atoms with Gasteiger partial charge in [-0.25, -0.2) is 4.79 Å². The first-order valence-corrected chi connectivity index (χ1v) is 24.2. The van der Waals surface area contributed by atoms with Crippen molar-refractivity contribution in [1.29, 1.82) is 0 Å². The molecule has 4 N–H and O–H groups in total. The van der Waals surface area contributed by atoms with Gasteiger partial charge in [-0.1, -0.05) is 58.2 Å². The molecule has 7 rings (SSSR count). The van der Waals surface area contributed by atoms with E-state index >= 15 is 0 Å². The van der Waals surface area contributed by atoms with E-state index in [1.807, 2.05) is 19.9 Å². The Morgan fingerprint density at radius 1 is 1.00 bits per heavy atom. The molecule has 0 amide bonds. The SMILES string of the molecule is C=C(C=O)CC(=C)COC(=O)[C@](C)(O)C[C@@H]1CC[C@@H](O)[C@]2(C=C(C)C[C@@H]([C@H](C)C=C[C@H]3CC[C@@]4(CC[C@H]5O[C@H]([C@@H](O)C[C@H](C)[C@H]6O[C@@]7(CCCCO7)CC[C@H]6C)C(=C)[C@@H](O)[C@@H]5O4)O3)O2)O1. The number of carbonyl (C=O) groups is 2. The highest BCUT2D eigenvalue weighted by atomic mass is 16.7. The molecule has 0 radical (unpaired) electrons. The molecule has 6 saturated heterocycles. The van der Waals surface area contributed by atoms with E-state index < -0.39 is 71.7 Å². The molecule has 7 aliphatic heterocycles. The van der Waals surface area contributed by atoms with Gasteiger partial charge in [0.05, 0.1) is 43.2 Å². The summed E-state index contributed by atoms with van der Waals surface area (Å²) in [5.74, 6) is -3.44. The zero-order valence-corrected chi connectivity index (χ0v) is 39.3. The summed E-state index contributed by atoms with van der Waals surface area (Å²) in [5, 5.41) is 45.6. The standard InChI is InChI=1S/C51H76O14/c1-30-24-41(63-51(26-30)42(54)14-13-38(62-51)27-48(8,57)47(56)58-29-32(3)23-31(2)28-52)33(4)11-12-37-16-20-50(61-37)21-17-40-46(65-50)43(55)36(7)45(60-40)39(53)25-35(6)44-34(5)15-19-49(64-44)18-9-10-22-59-49/h11-12,26,28,33-35,37-46,53-55,57H,2-3,7,9-10,13-25,27,29H2,1,4-6,8H3/t33-,34-,35+,37+,38+,39+,40-,41+,42-,43-,44+,45+,46-,48-,49+,50-,51-/m1/s1. The second-order valence-electron chi connectivity index (χ2n) is 20.8. The van der Waals surface area contributed by atoms with Crippen molar-refractivity contribution in [2.45, 2.75) is 215 Å². The molecule has 0 saturated carbocycles. The summed E-state index contributed by atoms with van der Waals surface area (Å²) >= 11 is 0. The van der Waals surface area contributed by atoms with E-state index in [2.05, 4.69) is 39.7 Å². The third-order valence-electron chi connectivity index (χ3n) is 15.0. The maximum absolute atomic E-state index is 12.9. The van der Waals surface area contributed by atoms with Crippen molar-refractivity contribution in [2.24, 2.45) is 17.8 Å². The molecular weight excluding hydrogens is 837 g/mol. The van der Waals surface area contributed by atoms with Gasteiger partial charge in [0.25, 0.3) is 0 Å². The average molecular weight is 913 g/mol. The third-order valence-corrected chi connectivity index (χ3v) is 15.0. The summed E-state index contributed by atoms with van der Waals surface area (Å²) in [6.07, 6.45) is 9.97. The van der Waals surface area contributed by atoms with Gasteiger partial charge in [-0.3, -0.25) is 4.79 Å². The summed E-state index contributed by atoms with van der Waals surface area (Å²) in [4.78, 5) is 23.8. The molecule has 65 heavy (non-hydrogen) atoms. The van der Waals surface area contributed by atoms with Crippen LogP contribution in [0.4, 0.5) is 0 Å². The highest BCUT2D eigenvalue weighted by molar-refractivity contribution is 5.79. The van der Waals surface area contributed by atoms with E-state index in [4.69, 9.17) is 37.9 Å². The molecule has 0 aliphatic carbocycles. The van der Waals surface area contributed by atoms with Crippen molar-refractivity contribution in [3.05, 3.63) is 60.3 Å². The number of fused-ring (bicyclic) bond motifs is 1. The monoisotopic (exact) mass is 913 g/mol. The van der Waals surface area contributed by atoms with E-state index in [-0.39, 0.29) is 49.6 Å². The number of aliphatic hydroxyl groups excluding tert-OH is 3. The fourth-order valence-electron chi connectivity index (χ4n) is 11.3. The van der Waals surface area contributed by atoms with E-state index in [1.54, 1.807) is 6.08 Å². The van der Waals surface area contributed by atoms with Crippen LogP contribution in [0.3, 0.4) is 0 Å². The third kappa shape index (κ3) is 11.5. The number of hydrogen-bond donors (Lipinski definition) is 4. The topological polar surface area (TPSA) is 189 Å². The number of carbonyl (C=O) groups excluding carboxylic acids is 2. The number of hydrogen-bond acceptors (Lipinski definition) is 14. The normalized spacial score (nSPS) is 41.1. The maximum atomic E-state index is 12.9. The van der Waals surface area contributed by atoms with Crippen molar-refractivity contribution in [3.8, 4) is 0 Å². The minimum absolute atomic E-state index is 0.0414. The number of esters is 1. The second-order valence-corrected chi connectivity index (χ2v) is 20.8. The lowest BCUT2D eigenvalue weighted by Gasteiger charge is -2.50. The smallest absolute Gasteiger partial charge is 0.338 e. The lowest BCUT2D eigenvalue weighted by molar-refractivity contribution is -0.321. The molecule has 0 aromatic carbocycles. The van der Waals surface area contributed by atoms with Crippen LogP contribution in [0.5, 0.6) is 0 Å². The number of aldehydes is 1. The Labute approximate surface area is 385 Å². The molecule has 0 unspecified atom stereocenters. The quantitative estimate of drug-likeness (QED) is 0.0614. The van der Waals surface area contributed by atoms with Crippen LogP contribution < -0.4 is 0 Å². The van der Waals surface area contributed by atoms with Crippen LogP contribution in [-0.4, -0.2) is 130 Å². The number of ether oxygens (including phenoxy) is 8. The molecule has 3 spiro atoms. The van der Waals surface area contributed by atoms with Gasteiger partial charge in [-0.15, -0.1) is 0 Å². The average Bonchev–Trinajstić information content (AvgIpc) is 3.66. The number of rotatable bonds is 15. The van der Waals surface area contributed by atoms with Gasteiger partial charge in [-0.05, 0) is 113 Å². The largest absolute Gasteiger partial charge is 0.459 e. The number of allylic oxidation sites excluding steroid dienone is 1. The molecule has 0 aromatic heterocycles. The molecular formula is C51H76O14. The van der Waals surface area contributed by atoms with E-state index in [1.165, 1.54) is 6.92 Å². The zero-order valence-electron chi connectivity index (χ0n) is 39.3. The summed E-state index contributed by atoms with van der Waals surface area (Å²) in [6, 6.07) is 0.